The molecule has 0 aliphatic heterocycles. The summed E-state index contributed by atoms with van der Waals surface area (Å²) in [4.78, 5) is 0. The normalized spacial score (nSPS) is 13.2. The topological polar surface area (TPSA) is 29.9 Å². The smallest absolute Gasteiger partial charge is 0.0719 e. The fourth-order valence-electron chi connectivity index (χ4n) is 2.61. The standard InChI is InChI=1S/C17H27N3S/c1-5-18-14(12-21-13(3)4)11-16-15-9-7-8-10-17(15)20(6-2)19-16/h7-10,13-14,18H,5-6,11-12H2,1-4H3. The third-order valence-electron chi connectivity index (χ3n) is 3.60. The lowest BCUT2D eigenvalue weighted by molar-refractivity contribution is 0.558. The number of hydrogen-bond acceptors (Lipinski definition) is 3. The van der Waals surface area contributed by atoms with E-state index in [-0.39, 0.29) is 0 Å². The van der Waals surface area contributed by atoms with Crippen LogP contribution in [-0.4, -0.2) is 33.4 Å². The maximum atomic E-state index is 4.82. The predicted octanol–water partition coefficient (Wildman–Crippen LogP) is 3.72. The molecule has 1 aromatic heterocycles. The Balaban J connectivity index is 2.19. The van der Waals surface area contributed by atoms with Crippen molar-refractivity contribution in [2.24, 2.45) is 0 Å². The van der Waals surface area contributed by atoms with E-state index >= 15 is 0 Å². The quantitative estimate of drug-likeness (QED) is 0.806. The molecule has 0 fully saturated rings. The lowest BCUT2D eigenvalue weighted by atomic mass is 10.1. The largest absolute Gasteiger partial charge is 0.313 e. The molecule has 1 unspecified atom stereocenters. The van der Waals surface area contributed by atoms with E-state index in [1.165, 1.54) is 16.6 Å². The monoisotopic (exact) mass is 305 g/mol. The first-order valence-corrected chi connectivity index (χ1v) is 9.00. The van der Waals surface area contributed by atoms with Crippen LogP contribution in [0, 0.1) is 0 Å². The molecule has 1 aromatic carbocycles. The number of aromatic nitrogens is 2. The lowest BCUT2D eigenvalue weighted by Crippen LogP contribution is -2.33. The highest BCUT2D eigenvalue weighted by Crippen LogP contribution is 2.21. The second-order valence-electron chi connectivity index (χ2n) is 5.62. The van der Waals surface area contributed by atoms with Crippen LogP contribution in [0.15, 0.2) is 24.3 Å². The van der Waals surface area contributed by atoms with Crippen molar-refractivity contribution in [3.05, 3.63) is 30.0 Å². The third kappa shape index (κ3) is 4.24. The lowest BCUT2D eigenvalue weighted by Gasteiger charge is -2.17. The number of thioether (sulfide) groups is 1. The molecule has 0 saturated heterocycles. The predicted molar refractivity (Wildman–Crippen MR) is 94.2 cm³/mol. The fraction of sp³-hybridized carbons (Fsp3) is 0.588. The van der Waals surface area contributed by atoms with Gasteiger partial charge in [0.15, 0.2) is 0 Å². The van der Waals surface area contributed by atoms with Gasteiger partial charge in [0.25, 0.3) is 0 Å². The summed E-state index contributed by atoms with van der Waals surface area (Å²) in [5.74, 6) is 1.14. The van der Waals surface area contributed by atoms with Crippen LogP contribution in [0.4, 0.5) is 0 Å². The number of rotatable bonds is 8. The molecular formula is C17H27N3S. The van der Waals surface area contributed by atoms with Gasteiger partial charge in [0.05, 0.1) is 11.2 Å². The first kappa shape index (κ1) is 16.4. The van der Waals surface area contributed by atoms with Gasteiger partial charge in [-0.05, 0) is 24.8 Å². The average Bonchev–Trinajstić information content (AvgIpc) is 2.83. The van der Waals surface area contributed by atoms with E-state index in [2.05, 4.69) is 62.0 Å². The van der Waals surface area contributed by atoms with Crippen molar-refractivity contribution in [2.75, 3.05) is 12.3 Å². The van der Waals surface area contributed by atoms with E-state index in [1.807, 2.05) is 11.8 Å². The number of para-hydroxylation sites is 1. The second-order valence-corrected chi connectivity index (χ2v) is 7.23. The van der Waals surface area contributed by atoms with Crippen molar-refractivity contribution in [2.45, 2.75) is 52.0 Å². The van der Waals surface area contributed by atoms with Crippen LogP contribution in [-0.2, 0) is 13.0 Å². The Kier molecular flexibility index (Phi) is 6.12. The summed E-state index contributed by atoms with van der Waals surface area (Å²) in [7, 11) is 0. The Bertz CT molecular complexity index is 562. The van der Waals surface area contributed by atoms with Crippen LogP contribution < -0.4 is 5.32 Å². The summed E-state index contributed by atoms with van der Waals surface area (Å²) in [6.07, 6.45) is 1.00. The van der Waals surface area contributed by atoms with Crippen molar-refractivity contribution >= 4 is 22.7 Å². The molecule has 1 heterocycles. The van der Waals surface area contributed by atoms with Gasteiger partial charge in [-0.15, -0.1) is 0 Å². The highest BCUT2D eigenvalue weighted by Gasteiger charge is 2.15. The molecule has 0 amide bonds. The van der Waals surface area contributed by atoms with E-state index in [1.54, 1.807) is 0 Å². The van der Waals surface area contributed by atoms with Crippen LogP contribution in [0.2, 0.25) is 0 Å². The number of fused-ring (bicyclic) bond motifs is 1. The van der Waals surface area contributed by atoms with Crippen molar-refractivity contribution in [1.82, 2.24) is 15.1 Å². The van der Waals surface area contributed by atoms with E-state index in [0.717, 1.165) is 25.3 Å². The maximum Gasteiger partial charge on any atom is 0.0719 e. The van der Waals surface area contributed by atoms with Gasteiger partial charge >= 0.3 is 0 Å². The summed E-state index contributed by atoms with van der Waals surface area (Å²) < 4.78 is 2.11. The first-order chi connectivity index (χ1) is 10.2. The number of likely N-dealkylation sites (N-methyl/N-ethyl adjacent to an activating group) is 1. The molecule has 1 N–H and O–H groups in total. The van der Waals surface area contributed by atoms with Gasteiger partial charge in [-0.3, -0.25) is 4.68 Å². The van der Waals surface area contributed by atoms with E-state index in [0.29, 0.717) is 11.3 Å². The summed E-state index contributed by atoms with van der Waals surface area (Å²) in [5, 5.41) is 10.4. The molecule has 3 nitrogen and oxygen atoms in total. The summed E-state index contributed by atoms with van der Waals surface area (Å²) >= 11 is 2.02. The van der Waals surface area contributed by atoms with Gasteiger partial charge in [-0.25, -0.2) is 0 Å². The summed E-state index contributed by atoms with van der Waals surface area (Å²) in [6.45, 7) is 10.8. The molecule has 116 valence electrons. The fourth-order valence-corrected chi connectivity index (χ4v) is 3.46. The minimum Gasteiger partial charge on any atom is -0.313 e. The Morgan fingerprint density at radius 2 is 2.00 bits per heavy atom. The SMILES string of the molecule is CCNC(CSC(C)C)Cc1nn(CC)c2ccccc12. The summed E-state index contributed by atoms with van der Waals surface area (Å²) in [5.41, 5.74) is 2.48. The van der Waals surface area contributed by atoms with Crippen LogP contribution in [0.25, 0.3) is 10.9 Å². The van der Waals surface area contributed by atoms with E-state index in [9.17, 15) is 0 Å². The van der Waals surface area contributed by atoms with Crippen LogP contribution >= 0.6 is 11.8 Å². The van der Waals surface area contributed by atoms with Gasteiger partial charge < -0.3 is 5.32 Å². The molecular weight excluding hydrogens is 278 g/mol. The maximum absolute atomic E-state index is 4.82. The molecule has 21 heavy (non-hydrogen) atoms. The summed E-state index contributed by atoms with van der Waals surface area (Å²) in [6, 6.07) is 9.06. The molecule has 0 saturated carbocycles. The highest BCUT2D eigenvalue weighted by atomic mass is 32.2. The molecule has 4 heteroatoms. The molecule has 2 rings (SSSR count). The van der Waals surface area contributed by atoms with Gasteiger partial charge in [-0.2, -0.15) is 16.9 Å². The average molecular weight is 305 g/mol. The Hall–Kier alpha value is -1.00. The number of aryl methyl sites for hydroxylation is 1. The van der Waals surface area contributed by atoms with Crippen molar-refractivity contribution in [3.63, 3.8) is 0 Å². The Morgan fingerprint density at radius 3 is 2.67 bits per heavy atom. The van der Waals surface area contributed by atoms with Crippen molar-refractivity contribution in [1.29, 1.82) is 0 Å². The van der Waals surface area contributed by atoms with Gasteiger partial charge in [0.1, 0.15) is 0 Å². The van der Waals surface area contributed by atoms with Gasteiger partial charge in [0.2, 0.25) is 0 Å². The van der Waals surface area contributed by atoms with Crippen molar-refractivity contribution in [3.8, 4) is 0 Å². The minimum absolute atomic E-state index is 0.492. The van der Waals surface area contributed by atoms with E-state index < -0.39 is 0 Å². The minimum atomic E-state index is 0.492. The first-order valence-electron chi connectivity index (χ1n) is 7.95. The molecule has 0 bridgehead atoms. The zero-order valence-electron chi connectivity index (χ0n) is 13.6. The Labute approximate surface area is 132 Å². The van der Waals surface area contributed by atoms with Crippen LogP contribution in [0.3, 0.4) is 0 Å². The molecule has 1 atom stereocenters. The zero-order chi connectivity index (χ0) is 15.2. The molecule has 0 spiro atoms. The molecule has 0 radical (unpaired) electrons. The van der Waals surface area contributed by atoms with Crippen LogP contribution in [0.1, 0.15) is 33.4 Å². The van der Waals surface area contributed by atoms with Crippen LogP contribution in [0.5, 0.6) is 0 Å². The zero-order valence-corrected chi connectivity index (χ0v) is 14.4. The molecule has 0 aliphatic rings. The molecule has 0 aliphatic carbocycles. The van der Waals surface area contributed by atoms with Crippen molar-refractivity contribution < 1.29 is 0 Å². The molecule has 2 aromatic rings. The number of nitrogens with one attached hydrogen (secondary N) is 1. The Morgan fingerprint density at radius 1 is 1.24 bits per heavy atom. The van der Waals surface area contributed by atoms with Gasteiger partial charge in [0, 0.05) is 30.1 Å². The highest BCUT2D eigenvalue weighted by molar-refractivity contribution is 7.99. The van der Waals surface area contributed by atoms with E-state index in [4.69, 9.17) is 5.10 Å². The number of nitrogens with zero attached hydrogens (tertiary/aromatic N) is 2. The third-order valence-corrected chi connectivity index (χ3v) is 4.86. The number of benzene rings is 1. The number of hydrogen-bond donors (Lipinski definition) is 1. The second kappa shape index (κ2) is 7.85. The van der Waals surface area contributed by atoms with Gasteiger partial charge in [-0.1, -0.05) is 39.0 Å².